The molecule has 2 aliphatic carbocycles. The van der Waals surface area contributed by atoms with Crippen LogP contribution in [0.2, 0.25) is 0 Å². The number of rotatable bonds is 2. The molecule has 0 radical (unpaired) electrons. The number of hydrogen-bond acceptors (Lipinski definition) is 2. The van der Waals surface area contributed by atoms with E-state index in [0.717, 1.165) is 6.42 Å². The summed E-state index contributed by atoms with van der Waals surface area (Å²) in [7, 11) is 0. The summed E-state index contributed by atoms with van der Waals surface area (Å²) in [6.45, 7) is 0. The fourth-order valence-corrected chi connectivity index (χ4v) is 1.87. The zero-order valence-electron chi connectivity index (χ0n) is 7.24. The molecule has 0 aromatic rings. The lowest BCUT2D eigenvalue weighted by molar-refractivity contribution is 0.473. The first-order valence-electron chi connectivity index (χ1n) is 4.71. The quantitative estimate of drug-likeness (QED) is 0.596. The smallest absolute Gasteiger partial charge is 0.0410 e. The molecule has 0 spiro atoms. The van der Waals surface area contributed by atoms with Crippen LogP contribution in [-0.2, 0) is 0 Å². The van der Waals surface area contributed by atoms with Gasteiger partial charge in [-0.2, -0.15) is 0 Å². The Morgan fingerprint density at radius 3 is 2.75 bits per heavy atom. The van der Waals surface area contributed by atoms with Crippen LogP contribution in [0.5, 0.6) is 0 Å². The number of nitrogens with one attached hydrogen (secondary N) is 1. The summed E-state index contributed by atoms with van der Waals surface area (Å²) in [5.41, 5.74) is 5.91. The fraction of sp³-hybridized carbons (Fsp3) is 0.600. The highest BCUT2D eigenvalue weighted by molar-refractivity contribution is 5.12. The van der Waals surface area contributed by atoms with Gasteiger partial charge in [0, 0.05) is 18.1 Å². The van der Waals surface area contributed by atoms with Gasteiger partial charge in [0.1, 0.15) is 0 Å². The van der Waals surface area contributed by atoms with Gasteiger partial charge in [0.15, 0.2) is 0 Å². The highest BCUT2D eigenvalue weighted by Crippen LogP contribution is 2.14. The van der Waals surface area contributed by atoms with Crippen LogP contribution in [0.25, 0.3) is 0 Å². The lowest BCUT2D eigenvalue weighted by Crippen LogP contribution is -2.44. The van der Waals surface area contributed by atoms with Crippen molar-refractivity contribution in [3.8, 4) is 0 Å². The molecule has 0 heterocycles. The van der Waals surface area contributed by atoms with Crippen LogP contribution in [0.15, 0.2) is 24.3 Å². The lowest BCUT2D eigenvalue weighted by Gasteiger charge is -2.20. The largest absolute Gasteiger partial charge is 0.326 e. The minimum absolute atomic E-state index is 0.291. The Balaban J connectivity index is 1.85. The Bertz CT molecular complexity index is 208. The predicted octanol–water partition coefficient (Wildman–Crippen LogP) is 0.950. The minimum Gasteiger partial charge on any atom is -0.326 e. The van der Waals surface area contributed by atoms with Gasteiger partial charge in [-0.15, -0.1) is 0 Å². The highest BCUT2D eigenvalue weighted by Gasteiger charge is 2.21. The molecule has 2 rings (SSSR count). The van der Waals surface area contributed by atoms with Crippen molar-refractivity contribution in [2.45, 2.75) is 37.4 Å². The molecule has 0 aromatic carbocycles. The second kappa shape index (κ2) is 3.42. The van der Waals surface area contributed by atoms with Gasteiger partial charge in [0.2, 0.25) is 0 Å². The van der Waals surface area contributed by atoms with Gasteiger partial charge >= 0.3 is 0 Å². The molecule has 2 heteroatoms. The molecule has 0 bridgehead atoms. The van der Waals surface area contributed by atoms with Crippen LogP contribution in [0.4, 0.5) is 0 Å². The third-order valence-electron chi connectivity index (χ3n) is 2.63. The molecule has 0 aromatic heterocycles. The van der Waals surface area contributed by atoms with E-state index in [2.05, 4.69) is 29.6 Å². The van der Waals surface area contributed by atoms with Gasteiger partial charge in [-0.25, -0.2) is 0 Å². The Kier molecular flexibility index (Phi) is 2.28. The molecule has 0 fully saturated rings. The van der Waals surface area contributed by atoms with Crippen LogP contribution in [0.1, 0.15) is 19.3 Å². The Morgan fingerprint density at radius 1 is 1.25 bits per heavy atom. The van der Waals surface area contributed by atoms with Gasteiger partial charge in [-0.1, -0.05) is 24.3 Å². The minimum atomic E-state index is 0.291. The molecule has 0 amide bonds. The van der Waals surface area contributed by atoms with Crippen LogP contribution in [-0.4, -0.2) is 18.1 Å². The van der Waals surface area contributed by atoms with Gasteiger partial charge < -0.3 is 11.1 Å². The van der Waals surface area contributed by atoms with E-state index in [0.29, 0.717) is 18.1 Å². The molecule has 3 unspecified atom stereocenters. The van der Waals surface area contributed by atoms with Crippen LogP contribution < -0.4 is 11.1 Å². The van der Waals surface area contributed by atoms with E-state index in [9.17, 15) is 0 Å². The van der Waals surface area contributed by atoms with Crippen LogP contribution in [0, 0.1) is 0 Å². The van der Waals surface area contributed by atoms with Crippen molar-refractivity contribution in [2.24, 2.45) is 5.73 Å². The maximum atomic E-state index is 5.91. The van der Waals surface area contributed by atoms with Gasteiger partial charge in [0.25, 0.3) is 0 Å². The SMILES string of the molecule is NC1CC=CC1NC1C=CCC1. The molecule has 2 nitrogen and oxygen atoms in total. The molecule has 12 heavy (non-hydrogen) atoms. The molecular weight excluding hydrogens is 148 g/mol. The first-order valence-corrected chi connectivity index (χ1v) is 4.71. The molecule has 0 saturated heterocycles. The summed E-state index contributed by atoms with van der Waals surface area (Å²) < 4.78 is 0. The molecule has 0 aliphatic heterocycles. The summed E-state index contributed by atoms with van der Waals surface area (Å²) in [4.78, 5) is 0. The Morgan fingerprint density at radius 2 is 2.17 bits per heavy atom. The lowest BCUT2D eigenvalue weighted by atomic mass is 10.1. The maximum Gasteiger partial charge on any atom is 0.0410 e. The molecular formula is C10H16N2. The Labute approximate surface area is 73.5 Å². The normalized spacial score (nSPS) is 39.6. The second-order valence-electron chi connectivity index (χ2n) is 3.63. The molecule has 2 aliphatic rings. The number of hydrogen-bond donors (Lipinski definition) is 2. The van der Waals surface area contributed by atoms with Crippen LogP contribution >= 0.6 is 0 Å². The van der Waals surface area contributed by atoms with Crippen molar-refractivity contribution < 1.29 is 0 Å². The first-order chi connectivity index (χ1) is 5.86. The zero-order chi connectivity index (χ0) is 8.39. The predicted molar refractivity (Wildman–Crippen MR) is 50.8 cm³/mol. The molecule has 3 N–H and O–H groups in total. The van der Waals surface area contributed by atoms with Crippen LogP contribution in [0.3, 0.4) is 0 Å². The summed E-state index contributed by atoms with van der Waals surface area (Å²) in [5, 5.41) is 3.53. The van der Waals surface area contributed by atoms with E-state index in [1.165, 1.54) is 12.8 Å². The number of nitrogens with two attached hydrogens (primary N) is 1. The van der Waals surface area contributed by atoms with Crippen molar-refractivity contribution in [1.29, 1.82) is 0 Å². The van der Waals surface area contributed by atoms with E-state index < -0.39 is 0 Å². The van der Waals surface area contributed by atoms with Crippen molar-refractivity contribution in [2.75, 3.05) is 0 Å². The van der Waals surface area contributed by atoms with Crippen molar-refractivity contribution >= 4 is 0 Å². The van der Waals surface area contributed by atoms with E-state index in [-0.39, 0.29) is 0 Å². The Hall–Kier alpha value is -0.600. The van der Waals surface area contributed by atoms with E-state index in [1.54, 1.807) is 0 Å². The first kappa shape index (κ1) is 8.02. The highest BCUT2D eigenvalue weighted by atomic mass is 15.0. The van der Waals surface area contributed by atoms with Gasteiger partial charge in [-0.05, 0) is 19.3 Å². The maximum absolute atomic E-state index is 5.91. The third-order valence-corrected chi connectivity index (χ3v) is 2.63. The summed E-state index contributed by atoms with van der Waals surface area (Å²) >= 11 is 0. The topological polar surface area (TPSA) is 38.0 Å². The van der Waals surface area contributed by atoms with Gasteiger partial charge in [0.05, 0.1) is 0 Å². The average molecular weight is 164 g/mol. The number of allylic oxidation sites excluding steroid dienone is 1. The van der Waals surface area contributed by atoms with E-state index in [1.807, 2.05) is 0 Å². The molecule has 0 saturated carbocycles. The van der Waals surface area contributed by atoms with Crippen molar-refractivity contribution in [1.82, 2.24) is 5.32 Å². The van der Waals surface area contributed by atoms with E-state index >= 15 is 0 Å². The fourth-order valence-electron chi connectivity index (χ4n) is 1.87. The summed E-state index contributed by atoms with van der Waals surface area (Å²) in [5.74, 6) is 0. The summed E-state index contributed by atoms with van der Waals surface area (Å²) in [6, 6.07) is 1.25. The zero-order valence-corrected chi connectivity index (χ0v) is 7.24. The molecule has 3 atom stereocenters. The average Bonchev–Trinajstić information content (AvgIpc) is 2.65. The summed E-state index contributed by atoms with van der Waals surface area (Å²) in [6.07, 6.45) is 12.3. The second-order valence-corrected chi connectivity index (χ2v) is 3.63. The third kappa shape index (κ3) is 1.59. The monoisotopic (exact) mass is 164 g/mol. The van der Waals surface area contributed by atoms with E-state index in [4.69, 9.17) is 5.73 Å². The van der Waals surface area contributed by atoms with Crippen molar-refractivity contribution in [3.05, 3.63) is 24.3 Å². The van der Waals surface area contributed by atoms with Crippen molar-refractivity contribution in [3.63, 3.8) is 0 Å². The molecule has 66 valence electrons. The van der Waals surface area contributed by atoms with Gasteiger partial charge in [-0.3, -0.25) is 0 Å². The standard InChI is InChI=1S/C10H16N2/c11-9-6-3-7-10(9)12-8-4-1-2-5-8/h1,3-4,7-10,12H,2,5-6,11H2.